The summed E-state index contributed by atoms with van der Waals surface area (Å²) in [6, 6.07) is 0. The molecule has 2 amide bonds. The summed E-state index contributed by atoms with van der Waals surface area (Å²) < 4.78 is 5.17. The number of carbonyl (C=O) groups is 3. The maximum Gasteiger partial charge on any atom is 0.341 e. The normalized spacial score (nSPS) is 14.7. The van der Waals surface area contributed by atoms with Gasteiger partial charge in [-0.05, 0) is 46.1 Å². The van der Waals surface area contributed by atoms with E-state index < -0.39 is 5.97 Å². The Balaban J connectivity index is 2.35. The highest BCUT2D eigenvalue weighted by Crippen LogP contribution is 2.36. The molecule has 1 aromatic rings. The summed E-state index contributed by atoms with van der Waals surface area (Å²) in [7, 11) is 0. The predicted octanol–water partition coefficient (Wildman–Crippen LogP) is 4.23. The van der Waals surface area contributed by atoms with Crippen LogP contribution in [0.2, 0.25) is 0 Å². The highest BCUT2D eigenvalue weighted by atomic mass is 32.1. The van der Waals surface area contributed by atoms with E-state index in [0.29, 0.717) is 34.1 Å². The first kappa shape index (κ1) is 21.4. The number of nitrogens with zero attached hydrogens (tertiary/aromatic N) is 1. The summed E-state index contributed by atoms with van der Waals surface area (Å²) in [6.07, 6.45) is 5.01. The van der Waals surface area contributed by atoms with E-state index in [1.165, 1.54) is 17.8 Å². The van der Waals surface area contributed by atoms with Gasteiger partial charge < -0.3 is 15.0 Å². The number of hydrogen-bond donors (Lipinski definition) is 1. The van der Waals surface area contributed by atoms with E-state index in [9.17, 15) is 14.4 Å². The van der Waals surface area contributed by atoms with Crippen LogP contribution in [0.25, 0.3) is 0 Å². The van der Waals surface area contributed by atoms with Crippen molar-refractivity contribution in [3.05, 3.63) is 16.0 Å². The average molecular weight is 395 g/mol. The average Bonchev–Trinajstić information content (AvgIpc) is 2.99. The number of nitrogens with one attached hydrogen (secondary N) is 1. The molecule has 0 atom stereocenters. The Bertz CT molecular complexity index is 688. The molecule has 1 aromatic heterocycles. The summed E-state index contributed by atoms with van der Waals surface area (Å²) in [5.74, 6) is -0.712. The number of rotatable bonds is 7. The molecule has 1 aliphatic carbocycles. The van der Waals surface area contributed by atoms with Gasteiger partial charge >= 0.3 is 5.97 Å². The van der Waals surface area contributed by atoms with Gasteiger partial charge in [0.25, 0.3) is 5.91 Å². The highest BCUT2D eigenvalue weighted by molar-refractivity contribution is 7.18. The van der Waals surface area contributed by atoms with Crippen molar-refractivity contribution in [2.24, 2.45) is 5.92 Å². The molecule has 0 bridgehead atoms. The molecule has 0 aromatic carbocycles. The maximum atomic E-state index is 12.8. The fourth-order valence-electron chi connectivity index (χ4n) is 3.49. The van der Waals surface area contributed by atoms with Crippen LogP contribution >= 0.6 is 11.3 Å². The number of esters is 1. The monoisotopic (exact) mass is 394 g/mol. The Morgan fingerprint density at radius 3 is 2.30 bits per heavy atom. The molecule has 6 nitrogen and oxygen atoms in total. The van der Waals surface area contributed by atoms with Gasteiger partial charge in [0, 0.05) is 19.0 Å². The van der Waals surface area contributed by atoms with E-state index in [1.807, 2.05) is 13.8 Å². The zero-order valence-electron chi connectivity index (χ0n) is 16.7. The van der Waals surface area contributed by atoms with Gasteiger partial charge in [0.15, 0.2) is 0 Å². The van der Waals surface area contributed by atoms with Crippen molar-refractivity contribution in [3.8, 4) is 0 Å². The van der Waals surface area contributed by atoms with Gasteiger partial charge in [0.2, 0.25) is 5.91 Å². The van der Waals surface area contributed by atoms with Crippen molar-refractivity contribution in [2.45, 2.75) is 59.8 Å². The van der Waals surface area contributed by atoms with Crippen LogP contribution in [0.3, 0.4) is 0 Å². The second-order valence-corrected chi connectivity index (χ2v) is 7.80. The number of hydrogen-bond acceptors (Lipinski definition) is 5. The van der Waals surface area contributed by atoms with Gasteiger partial charge in [0.1, 0.15) is 5.00 Å². The fourth-order valence-corrected chi connectivity index (χ4v) is 4.65. The van der Waals surface area contributed by atoms with Crippen molar-refractivity contribution >= 4 is 34.1 Å². The van der Waals surface area contributed by atoms with Gasteiger partial charge in [-0.2, -0.15) is 0 Å². The molecule has 150 valence electrons. The van der Waals surface area contributed by atoms with Crippen molar-refractivity contribution in [1.29, 1.82) is 0 Å². The SMILES string of the molecule is CCOC(=O)c1c(NC(=O)C2CCCCC2)sc(C(=O)N(CC)CC)c1C. The minimum Gasteiger partial charge on any atom is -0.462 e. The summed E-state index contributed by atoms with van der Waals surface area (Å²) in [5, 5.41) is 3.35. The molecule has 0 saturated heterocycles. The highest BCUT2D eigenvalue weighted by Gasteiger charge is 2.30. The number of thiophene rings is 1. The van der Waals surface area contributed by atoms with Crippen LogP contribution in [0, 0.1) is 12.8 Å². The third-order valence-electron chi connectivity index (χ3n) is 5.08. The third kappa shape index (κ3) is 4.89. The van der Waals surface area contributed by atoms with Crippen molar-refractivity contribution in [2.75, 3.05) is 25.0 Å². The Hall–Kier alpha value is -1.89. The molecule has 1 heterocycles. The van der Waals surface area contributed by atoms with Gasteiger partial charge in [0.05, 0.1) is 17.0 Å². The van der Waals surface area contributed by atoms with Crippen LogP contribution in [0.4, 0.5) is 5.00 Å². The van der Waals surface area contributed by atoms with Gasteiger partial charge in [-0.25, -0.2) is 4.79 Å². The van der Waals surface area contributed by atoms with Gasteiger partial charge in [-0.3, -0.25) is 9.59 Å². The lowest BCUT2D eigenvalue weighted by Gasteiger charge is -2.20. The lowest BCUT2D eigenvalue weighted by Crippen LogP contribution is -2.30. The molecule has 7 heteroatoms. The Labute approximate surface area is 165 Å². The predicted molar refractivity (Wildman–Crippen MR) is 107 cm³/mol. The molecule has 27 heavy (non-hydrogen) atoms. The quantitative estimate of drug-likeness (QED) is 0.702. The second kappa shape index (κ2) is 9.88. The molecule has 0 radical (unpaired) electrons. The van der Waals surface area contributed by atoms with Crippen LogP contribution in [0.5, 0.6) is 0 Å². The van der Waals surface area contributed by atoms with Crippen LogP contribution in [0.15, 0.2) is 0 Å². The molecule has 0 spiro atoms. The largest absolute Gasteiger partial charge is 0.462 e. The molecule has 1 N–H and O–H groups in total. The number of amides is 2. The fraction of sp³-hybridized carbons (Fsp3) is 0.650. The Morgan fingerprint density at radius 2 is 1.74 bits per heavy atom. The molecule has 1 aliphatic rings. The van der Waals surface area contributed by atoms with Crippen LogP contribution < -0.4 is 5.32 Å². The second-order valence-electron chi connectivity index (χ2n) is 6.78. The summed E-state index contributed by atoms with van der Waals surface area (Å²) in [6.45, 7) is 8.74. The van der Waals surface area contributed by atoms with Gasteiger partial charge in [-0.15, -0.1) is 11.3 Å². The molecular weight excluding hydrogens is 364 g/mol. The summed E-state index contributed by atoms with van der Waals surface area (Å²) in [4.78, 5) is 40.2. The first-order chi connectivity index (χ1) is 12.9. The molecule has 0 aliphatic heterocycles. The van der Waals surface area contributed by atoms with E-state index in [1.54, 1.807) is 18.7 Å². The lowest BCUT2D eigenvalue weighted by atomic mass is 9.89. The maximum absolute atomic E-state index is 12.8. The zero-order valence-corrected chi connectivity index (χ0v) is 17.5. The third-order valence-corrected chi connectivity index (χ3v) is 6.28. The van der Waals surface area contributed by atoms with Crippen molar-refractivity contribution in [3.63, 3.8) is 0 Å². The molecule has 1 fully saturated rings. The van der Waals surface area contributed by atoms with E-state index in [2.05, 4.69) is 5.32 Å². The lowest BCUT2D eigenvalue weighted by molar-refractivity contribution is -0.120. The number of anilines is 1. The number of carbonyl (C=O) groups excluding carboxylic acids is 3. The Morgan fingerprint density at radius 1 is 1.11 bits per heavy atom. The molecule has 0 unspecified atom stereocenters. The minimum absolute atomic E-state index is 0.0295. The zero-order chi connectivity index (χ0) is 20.0. The van der Waals surface area contributed by atoms with Crippen LogP contribution in [-0.4, -0.2) is 42.4 Å². The summed E-state index contributed by atoms with van der Waals surface area (Å²) >= 11 is 1.18. The number of ether oxygens (including phenoxy) is 1. The molecule has 1 saturated carbocycles. The van der Waals surface area contributed by atoms with Crippen molar-refractivity contribution in [1.82, 2.24) is 4.90 Å². The topological polar surface area (TPSA) is 75.7 Å². The van der Waals surface area contributed by atoms with E-state index >= 15 is 0 Å². The van der Waals surface area contributed by atoms with Crippen LogP contribution in [-0.2, 0) is 9.53 Å². The molecular formula is C20H30N2O4S. The minimum atomic E-state index is -0.496. The van der Waals surface area contributed by atoms with Gasteiger partial charge in [-0.1, -0.05) is 19.3 Å². The van der Waals surface area contributed by atoms with Crippen LogP contribution in [0.1, 0.15) is 78.5 Å². The molecule has 2 rings (SSSR count). The van der Waals surface area contributed by atoms with Crippen molar-refractivity contribution < 1.29 is 19.1 Å². The summed E-state index contributed by atoms with van der Waals surface area (Å²) in [5.41, 5.74) is 0.885. The standard InChI is InChI=1S/C20H30N2O4S/c1-5-22(6-2)19(24)16-13(4)15(20(25)26-7-3)18(27-16)21-17(23)14-11-9-8-10-12-14/h14H,5-12H2,1-4H3,(H,21,23). The van der Waals surface area contributed by atoms with E-state index in [0.717, 1.165) is 25.7 Å². The Kier molecular flexibility index (Phi) is 7.83. The van der Waals surface area contributed by atoms with E-state index in [4.69, 9.17) is 4.74 Å². The smallest absolute Gasteiger partial charge is 0.341 e. The van der Waals surface area contributed by atoms with E-state index in [-0.39, 0.29) is 24.3 Å². The first-order valence-electron chi connectivity index (χ1n) is 9.85. The first-order valence-corrected chi connectivity index (χ1v) is 10.7.